The first kappa shape index (κ1) is 15.3. The number of carboxylic acid groups (broad SMARTS) is 1. The highest BCUT2D eigenvalue weighted by Crippen LogP contribution is 2.21. The molecule has 0 aliphatic heterocycles. The van der Waals surface area contributed by atoms with Crippen molar-refractivity contribution in [2.45, 2.75) is 25.9 Å². The fourth-order valence-electron chi connectivity index (χ4n) is 2.18. The first-order chi connectivity index (χ1) is 9.96. The molecule has 1 unspecified atom stereocenters. The number of hydrogen-bond acceptors (Lipinski definition) is 4. The van der Waals surface area contributed by atoms with Gasteiger partial charge in [-0.2, -0.15) is 0 Å². The second-order valence-electron chi connectivity index (χ2n) is 5.24. The van der Waals surface area contributed by atoms with E-state index in [9.17, 15) is 9.90 Å². The van der Waals surface area contributed by atoms with Crippen molar-refractivity contribution in [1.29, 1.82) is 0 Å². The molecule has 5 heteroatoms. The molecule has 2 rings (SSSR count). The van der Waals surface area contributed by atoms with Crippen molar-refractivity contribution < 1.29 is 19.4 Å². The van der Waals surface area contributed by atoms with Crippen molar-refractivity contribution in [3.63, 3.8) is 0 Å². The van der Waals surface area contributed by atoms with E-state index in [1.807, 2.05) is 37.3 Å². The predicted octanol–water partition coefficient (Wildman–Crippen LogP) is 2.28. The Labute approximate surface area is 123 Å². The molecule has 1 heterocycles. The third-order valence-corrected chi connectivity index (χ3v) is 3.54. The van der Waals surface area contributed by atoms with Crippen molar-refractivity contribution in [1.82, 2.24) is 5.32 Å². The van der Waals surface area contributed by atoms with Crippen molar-refractivity contribution in [2.75, 3.05) is 6.61 Å². The van der Waals surface area contributed by atoms with Gasteiger partial charge in [0, 0.05) is 5.56 Å². The van der Waals surface area contributed by atoms with Crippen LogP contribution in [0.3, 0.4) is 0 Å². The molecular formula is C16H19NO4. The largest absolute Gasteiger partial charge is 0.475 e. The lowest BCUT2D eigenvalue weighted by molar-refractivity contribution is 0.0658. The molecule has 1 atom stereocenters. The molecule has 1 aromatic heterocycles. The van der Waals surface area contributed by atoms with E-state index in [-0.39, 0.29) is 12.4 Å². The number of aryl methyl sites for hydroxylation is 1. The van der Waals surface area contributed by atoms with Crippen LogP contribution in [-0.2, 0) is 12.1 Å². The molecule has 0 aliphatic rings. The molecular weight excluding hydrogens is 270 g/mol. The van der Waals surface area contributed by atoms with Gasteiger partial charge in [-0.05, 0) is 25.5 Å². The summed E-state index contributed by atoms with van der Waals surface area (Å²) in [5.74, 6) is -0.593. The summed E-state index contributed by atoms with van der Waals surface area (Å²) in [4.78, 5) is 11.0. The Bertz CT molecular complexity index is 620. The number of benzene rings is 1. The summed E-state index contributed by atoms with van der Waals surface area (Å²) in [6.07, 6.45) is 0. The number of aliphatic hydroxyl groups excluding tert-OH is 1. The maximum absolute atomic E-state index is 11.0. The topological polar surface area (TPSA) is 82.7 Å². The number of aromatic carboxylic acids is 1. The van der Waals surface area contributed by atoms with Crippen molar-refractivity contribution in [2.24, 2.45) is 0 Å². The summed E-state index contributed by atoms with van der Waals surface area (Å²) in [6.45, 7) is 3.83. The van der Waals surface area contributed by atoms with Gasteiger partial charge in [0.25, 0.3) is 0 Å². The van der Waals surface area contributed by atoms with Crippen molar-refractivity contribution in [3.8, 4) is 0 Å². The Morgan fingerprint density at radius 1 is 1.33 bits per heavy atom. The van der Waals surface area contributed by atoms with Crippen LogP contribution < -0.4 is 5.32 Å². The van der Waals surface area contributed by atoms with Gasteiger partial charge >= 0.3 is 5.97 Å². The van der Waals surface area contributed by atoms with Crippen LogP contribution in [0.2, 0.25) is 0 Å². The van der Waals surface area contributed by atoms with Crippen LogP contribution in [0, 0.1) is 6.92 Å². The maximum Gasteiger partial charge on any atom is 0.372 e. The molecule has 3 N–H and O–H groups in total. The van der Waals surface area contributed by atoms with E-state index in [2.05, 4.69) is 5.32 Å². The lowest BCUT2D eigenvalue weighted by atomic mass is 9.93. The van der Waals surface area contributed by atoms with Crippen LogP contribution in [0.4, 0.5) is 0 Å². The predicted molar refractivity (Wildman–Crippen MR) is 78.1 cm³/mol. The number of nitrogens with one attached hydrogen (secondary N) is 1. The van der Waals surface area contributed by atoms with E-state index in [0.717, 1.165) is 5.56 Å². The van der Waals surface area contributed by atoms with E-state index in [1.165, 1.54) is 0 Å². The Balaban J connectivity index is 2.14. The van der Waals surface area contributed by atoms with E-state index in [1.54, 1.807) is 13.0 Å². The highest BCUT2D eigenvalue weighted by atomic mass is 16.4. The lowest BCUT2D eigenvalue weighted by Gasteiger charge is -2.29. The molecule has 0 saturated heterocycles. The van der Waals surface area contributed by atoms with Crippen LogP contribution in [0.1, 0.15) is 34.4 Å². The fourth-order valence-corrected chi connectivity index (χ4v) is 2.18. The highest BCUT2D eigenvalue weighted by Gasteiger charge is 2.25. The average molecular weight is 289 g/mol. The molecule has 5 nitrogen and oxygen atoms in total. The molecule has 0 aliphatic carbocycles. The Kier molecular flexibility index (Phi) is 4.45. The normalized spacial score (nSPS) is 13.9. The summed E-state index contributed by atoms with van der Waals surface area (Å²) in [6, 6.07) is 11.3. The lowest BCUT2D eigenvalue weighted by Crippen LogP contribution is -2.42. The summed E-state index contributed by atoms with van der Waals surface area (Å²) in [5, 5.41) is 21.9. The second kappa shape index (κ2) is 6.11. The minimum absolute atomic E-state index is 0.0442. The number of carboxylic acids is 1. The van der Waals surface area contributed by atoms with E-state index in [4.69, 9.17) is 9.52 Å². The van der Waals surface area contributed by atoms with Crippen LogP contribution in [-0.4, -0.2) is 22.8 Å². The van der Waals surface area contributed by atoms with Crippen LogP contribution in [0.15, 0.2) is 40.8 Å². The quantitative estimate of drug-likeness (QED) is 0.760. The zero-order valence-corrected chi connectivity index (χ0v) is 12.1. The van der Waals surface area contributed by atoms with Gasteiger partial charge in [0.15, 0.2) is 0 Å². The van der Waals surface area contributed by atoms with Gasteiger partial charge in [0.05, 0.1) is 18.7 Å². The second-order valence-corrected chi connectivity index (χ2v) is 5.24. The molecule has 21 heavy (non-hydrogen) atoms. The number of furan rings is 1. The molecule has 0 spiro atoms. The number of aliphatic hydroxyl groups is 1. The number of carbonyl (C=O) groups is 1. The number of hydrogen-bond donors (Lipinski definition) is 3. The van der Waals surface area contributed by atoms with E-state index < -0.39 is 11.5 Å². The molecule has 0 saturated carbocycles. The van der Waals surface area contributed by atoms with Crippen LogP contribution in [0.25, 0.3) is 0 Å². The van der Waals surface area contributed by atoms with Gasteiger partial charge in [-0.1, -0.05) is 30.3 Å². The number of rotatable bonds is 6. The summed E-state index contributed by atoms with van der Waals surface area (Å²) >= 11 is 0. The minimum atomic E-state index is -1.08. The molecule has 0 amide bonds. The smallest absolute Gasteiger partial charge is 0.372 e. The molecule has 1 aromatic carbocycles. The Hall–Kier alpha value is -2.11. The third kappa shape index (κ3) is 3.32. The zero-order valence-electron chi connectivity index (χ0n) is 12.1. The highest BCUT2D eigenvalue weighted by molar-refractivity contribution is 5.86. The van der Waals surface area contributed by atoms with Gasteiger partial charge in [-0.3, -0.25) is 5.32 Å². The van der Waals surface area contributed by atoms with Crippen LogP contribution in [0.5, 0.6) is 0 Å². The zero-order chi connectivity index (χ0) is 15.5. The Morgan fingerprint density at radius 2 is 2.00 bits per heavy atom. The third-order valence-electron chi connectivity index (χ3n) is 3.54. The van der Waals surface area contributed by atoms with Gasteiger partial charge in [-0.15, -0.1) is 0 Å². The molecule has 0 fully saturated rings. The van der Waals surface area contributed by atoms with Crippen LogP contribution >= 0.6 is 0 Å². The van der Waals surface area contributed by atoms with Crippen molar-refractivity contribution >= 4 is 5.97 Å². The molecule has 112 valence electrons. The van der Waals surface area contributed by atoms with Gasteiger partial charge in [0.1, 0.15) is 5.76 Å². The van der Waals surface area contributed by atoms with Gasteiger partial charge < -0.3 is 14.6 Å². The van der Waals surface area contributed by atoms with Gasteiger partial charge in [0.2, 0.25) is 5.76 Å². The summed E-state index contributed by atoms with van der Waals surface area (Å²) in [5.41, 5.74) is 0.921. The summed E-state index contributed by atoms with van der Waals surface area (Å²) < 4.78 is 5.31. The monoisotopic (exact) mass is 289 g/mol. The SMILES string of the molecule is Cc1cc(CNC(C)(CO)c2ccccc2)oc1C(=O)O. The fraction of sp³-hybridized carbons (Fsp3) is 0.312. The summed E-state index contributed by atoms with van der Waals surface area (Å²) in [7, 11) is 0. The minimum Gasteiger partial charge on any atom is -0.475 e. The average Bonchev–Trinajstić information content (AvgIpc) is 2.87. The van der Waals surface area contributed by atoms with Crippen molar-refractivity contribution in [3.05, 3.63) is 59.0 Å². The van der Waals surface area contributed by atoms with E-state index in [0.29, 0.717) is 17.9 Å². The Morgan fingerprint density at radius 3 is 2.52 bits per heavy atom. The first-order valence-corrected chi connectivity index (χ1v) is 6.70. The molecule has 2 aromatic rings. The molecule has 0 radical (unpaired) electrons. The van der Waals surface area contributed by atoms with Gasteiger partial charge in [-0.25, -0.2) is 4.79 Å². The standard InChI is InChI=1S/C16H19NO4/c1-11-8-13(21-14(11)15(19)20)9-17-16(2,10-18)12-6-4-3-5-7-12/h3-8,17-18H,9-10H2,1-2H3,(H,19,20). The maximum atomic E-state index is 11.0. The first-order valence-electron chi connectivity index (χ1n) is 6.70. The van der Waals surface area contributed by atoms with E-state index >= 15 is 0 Å². The molecule has 0 bridgehead atoms.